The molecule has 0 amide bonds. The molecule has 0 aliphatic carbocycles. The molecule has 7 aromatic carbocycles. The molecule has 0 saturated heterocycles. The van der Waals surface area contributed by atoms with E-state index in [1.54, 1.807) is 11.8 Å². The van der Waals surface area contributed by atoms with Crippen LogP contribution in [0.1, 0.15) is 11.1 Å². The molecule has 1 unspecified atom stereocenters. The highest BCUT2D eigenvalue weighted by molar-refractivity contribution is 8.02. The smallest absolute Gasteiger partial charge is 0.173 e. The van der Waals surface area contributed by atoms with E-state index in [-0.39, 0.29) is 0 Å². The van der Waals surface area contributed by atoms with Crippen molar-refractivity contribution >= 4 is 34.8 Å². The molecule has 9 rings (SSSR count). The first kappa shape index (κ1) is 33.0. The molecule has 4 nitrogen and oxygen atoms in total. The Hall–Kier alpha value is -5.87. The van der Waals surface area contributed by atoms with Gasteiger partial charge in [0, 0.05) is 42.4 Å². The van der Waals surface area contributed by atoms with Crippen LogP contribution in [0.5, 0.6) is 0 Å². The zero-order valence-electron chi connectivity index (χ0n) is 29.3. The van der Waals surface area contributed by atoms with Crippen molar-refractivity contribution in [2.45, 2.75) is 23.6 Å². The third-order valence-corrected chi connectivity index (χ3v) is 14.5. The van der Waals surface area contributed by atoms with Crippen molar-refractivity contribution in [3.05, 3.63) is 181 Å². The number of fused-ring (bicyclic) bond motifs is 2. The van der Waals surface area contributed by atoms with Crippen LogP contribution in [0.15, 0.2) is 180 Å². The first-order valence-electron chi connectivity index (χ1n) is 17.6. The van der Waals surface area contributed by atoms with Gasteiger partial charge in [-0.05, 0) is 77.6 Å². The number of aryl methyl sites for hydroxylation is 2. The highest BCUT2D eigenvalue weighted by Gasteiger charge is 2.38. The third kappa shape index (κ3) is 6.02. The number of nitrogens with zero attached hydrogens (tertiary/aromatic N) is 3. The van der Waals surface area contributed by atoms with E-state index in [2.05, 4.69) is 74.5 Å². The van der Waals surface area contributed by atoms with E-state index < -0.39 is 7.14 Å². The molecular weight excluding hydrogens is 686 g/mol. The Morgan fingerprint density at radius 2 is 0.868 bits per heavy atom. The van der Waals surface area contributed by atoms with E-state index in [9.17, 15) is 0 Å². The van der Waals surface area contributed by atoms with Crippen molar-refractivity contribution in [1.29, 1.82) is 0 Å². The maximum absolute atomic E-state index is 15.3. The van der Waals surface area contributed by atoms with E-state index in [0.29, 0.717) is 17.5 Å². The van der Waals surface area contributed by atoms with Gasteiger partial charge in [-0.15, -0.1) is 0 Å². The Kier molecular flexibility index (Phi) is 8.46. The number of hydrogen-bond acceptors (Lipinski definition) is 5. The highest BCUT2D eigenvalue weighted by Crippen LogP contribution is 2.52. The lowest BCUT2D eigenvalue weighted by Crippen LogP contribution is -2.30. The van der Waals surface area contributed by atoms with Crippen LogP contribution in [0.2, 0.25) is 0 Å². The van der Waals surface area contributed by atoms with E-state index in [4.69, 9.17) is 15.0 Å². The molecule has 1 aromatic heterocycles. The molecule has 0 bridgehead atoms. The normalized spacial score (nSPS) is 14.7. The molecule has 1 aliphatic rings. The van der Waals surface area contributed by atoms with Crippen LogP contribution in [-0.4, -0.2) is 15.0 Å². The second-order valence-corrected chi connectivity index (χ2v) is 17.1. The number of aromatic nitrogens is 3. The fraction of sp³-hybridized carbons (Fsp3) is 0.0426. The Bertz CT molecular complexity index is 2640. The molecule has 2 heterocycles. The summed E-state index contributed by atoms with van der Waals surface area (Å²) in [5.41, 5.74) is 9.61. The van der Waals surface area contributed by atoms with Crippen LogP contribution in [0.3, 0.4) is 0 Å². The lowest BCUT2D eigenvalue weighted by molar-refractivity contribution is 0.591. The summed E-state index contributed by atoms with van der Waals surface area (Å²) >= 11 is 1.70. The molecule has 1 aliphatic heterocycles. The Morgan fingerprint density at radius 1 is 0.415 bits per heavy atom. The van der Waals surface area contributed by atoms with Gasteiger partial charge in [-0.2, -0.15) is 0 Å². The molecule has 0 N–H and O–H groups in total. The lowest BCUT2D eigenvalue weighted by atomic mass is 9.92. The molecule has 53 heavy (non-hydrogen) atoms. The number of hydrogen-bond donors (Lipinski definition) is 0. The Balaban J connectivity index is 1.07. The summed E-state index contributed by atoms with van der Waals surface area (Å²) in [5, 5.41) is 2.68. The zero-order chi connectivity index (χ0) is 35.9. The van der Waals surface area contributed by atoms with Gasteiger partial charge in [-0.25, -0.2) is 15.0 Å². The first-order chi connectivity index (χ1) is 26.0. The molecule has 1 atom stereocenters. The average Bonchev–Trinajstić information content (AvgIpc) is 3.22. The Morgan fingerprint density at radius 3 is 1.47 bits per heavy atom. The first-order valence-corrected chi connectivity index (χ1v) is 20.2. The van der Waals surface area contributed by atoms with Gasteiger partial charge >= 0.3 is 0 Å². The summed E-state index contributed by atoms with van der Waals surface area (Å²) in [5.74, 6) is 1.93. The Labute approximate surface area is 314 Å². The molecule has 254 valence electrons. The third-order valence-electron chi connectivity index (χ3n) is 9.88. The summed E-state index contributed by atoms with van der Waals surface area (Å²) in [4.78, 5) is 16.8. The van der Waals surface area contributed by atoms with Gasteiger partial charge in [0.25, 0.3) is 0 Å². The van der Waals surface area contributed by atoms with Gasteiger partial charge in [0.2, 0.25) is 0 Å². The summed E-state index contributed by atoms with van der Waals surface area (Å²) in [6.07, 6.45) is 0. The van der Waals surface area contributed by atoms with Crippen LogP contribution < -0.4 is 15.9 Å². The lowest BCUT2D eigenvalue weighted by Gasteiger charge is -2.29. The topological polar surface area (TPSA) is 55.7 Å². The van der Waals surface area contributed by atoms with Gasteiger partial charge < -0.3 is 4.57 Å². The van der Waals surface area contributed by atoms with Crippen molar-refractivity contribution < 1.29 is 4.57 Å². The van der Waals surface area contributed by atoms with E-state index >= 15 is 4.57 Å². The van der Waals surface area contributed by atoms with Gasteiger partial charge in [0.1, 0.15) is 0 Å². The van der Waals surface area contributed by atoms with E-state index in [1.165, 1.54) is 11.1 Å². The summed E-state index contributed by atoms with van der Waals surface area (Å²) in [7, 11) is -3.08. The van der Waals surface area contributed by atoms with Crippen molar-refractivity contribution in [2.24, 2.45) is 0 Å². The van der Waals surface area contributed by atoms with Gasteiger partial charge in [-0.1, -0.05) is 151 Å². The predicted molar refractivity (Wildman–Crippen MR) is 220 cm³/mol. The van der Waals surface area contributed by atoms with Crippen molar-refractivity contribution in [2.75, 3.05) is 0 Å². The van der Waals surface area contributed by atoms with Gasteiger partial charge in [0.15, 0.2) is 24.6 Å². The minimum absolute atomic E-state index is 0.639. The molecule has 0 spiro atoms. The standard InChI is InChI=1S/C47H34N3OPS/c1-31-28-35(36-24-27-44-42(30-36)52(51,38-18-10-5-11-19-38)41-20-12-13-21-43(41)53-44)22-25-39(31)40-26-23-37(29-32(40)2)47-49-45(33-14-6-3-7-15-33)48-46(50-47)34-16-8-4-9-17-34/h3-30H,1-2H3. The second-order valence-electron chi connectivity index (χ2n) is 13.3. The van der Waals surface area contributed by atoms with E-state index in [1.807, 2.05) is 109 Å². The monoisotopic (exact) mass is 719 g/mol. The predicted octanol–water partition coefficient (Wildman–Crippen LogP) is 10.9. The maximum Gasteiger partial charge on any atom is 0.173 e. The maximum atomic E-state index is 15.3. The molecule has 8 aromatic rings. The summed E-state index contributed by atoms with van der Waals surface area (Å²) < 4.78 is 15.3. The summed E-state index contributed by atoms with van der Waals surface area (Å²) in [6, 6.07) is 57.7. The van der Waals surface area contributed by atoms with Crippen LogP contribution >= 0.6 is 18.9 Å². The van der Waals surface area contributed by atoms with Crippen LogP contribution in [0.25, 0.3) is 56.4 Å². The highest BCUT2D eigenvalue weighted by atomic mass is 32.2. The van der Waals surface area contributed by atoms with Crippen LogP contribution in [-0.2, 0) is 4.57 Å². The second kappa shape index (κ2) is 13.6. The molecular formula is C47H34N3OPS. The zero-order valence-corrected chi connectivity index (χ0v) is 31.0. The average molecular weight is 720 g/mol. The van der Waals surface area contributed by atoms with Crippen LogP contribution in [0.4, 0.5) is 0 Å². The van der Waals surface area contributed by atoms with Gasteiger partial charge in [-0.3, -0.25) is 0 Å². The minimum Gasteiger partial charge on any atom is -0.309 e. The van der Waals surface area contributed by atoms with E-state index in [0.717, 1.165) is 64.6 Å². The van der Waals surface area contributed by atoms with Gasteiger partial charge in [0.05, 0.1) is 0 Å². The minimum atomic E-state index is -3.08. The summed E-state index contributed by atoms with van der Waals surface area (Å²) in [6.45, 7) is 4.31. The quantitative estimate of drug-likeness (QED) is 0.160. The molecule has 0 fully saturated rings. The molecule has 0 radical (unpaired) electrons. The van der Waals surface area contributed by atoms with Crippen LogP contribution in [0, 0.1) is 13.8 Å². The molecule has 0 saturated carbocycles. The number of benzene rings is 7. The largest absolute Gasteiger partial charge is 0.309 e. The fourth-order valence-corrected chi connectivity index (χ4v) is 11.9. The van der Waals surface area contributed by atoms with Crippen molar-refractivity contribution in [3.8, 4) is 56.4 Å². The van der Waals surface area contributed by atoms with Crippen molar-refractivity contribution in [3.63, 3.8) is 0 Å². The SMILES string of the molecule is Cc1cc(-c2ccc3c(c2)P(=O)(c2ccccc2)c2ccccc2S3)ccc1-c1ccc(-c2nc(-c3ccccc3)nc(-c3ccccc3)n2)cc1C. The van der Waals surface area contributed by atoms with Crippen molar-refractivity contribution in [1.82, 2.24) is 15.0 Å². The molecule has 6 heteroatoms. The fourth-order valence-electron chi connectivity index (χ4n) is 7.19. The number of rotatable bonds is 6.